The fraction of sp³-hybridized carbons (Fsp3) is 0.429. The zero-order valence-electron chi connectivity index (χ0n) is 12.9. The molecule has 2 heterocycles. The van der Waals surface area contributed by atoms with Gasteiger partial charge in [-0.05, 0) is 36.8 Å². The summed E-state index contributed by atoms with van der Waals surface area (Å²) < 4.78 is 25.5. The maximum absolute atomic E-state index is 12.2. The number of hydrogen-bond acceptors (Lipinski definition) is 5. The largest absolute Gasteiger partial charge is 0.276 e. The number of carbonyl (C=O) groups is 1. The third-order valence-corrected chi connectivity index (χ3v) is 6.28. The second-order valence-corrected chi connectivity index (χ2v) is 8.64. The number of rotatable bonds is 4. The molecule has 0 saturated heterocycles. The van der Waals surface area contributed by atoms with Crippen LogP contribution in [0.1, 0.15) is 33.5 Å². The number of hydrazine groups is 1. The number of fused-ring (bicyclic) bond motifs is 1. The average Bonchev–Trinajstić information content (AvgIpc) is 3.11. The second-order valence-electron chi connectivity index (χ2n) is 5.82. The molecule has 1 amide bonds. The molecule has 1 aliphatic rings. The Balaban J connectivity index is 1.68. The highest BCUT2D eigenvalue weighted by Gasteiger charge is 2.22. The summed E-state index contributed by atoms with van der Waals surface area (Å²) >= 11 is 1.43. The number of amides is 1. The SMILES string of the molecule is CC1CCc2sc(C(=O)NNS(=O)(=O)c3cnn(C)c3)cc2C1. The van der Waals surface area contributed by atoms with E-state index in [9.17, 15) is 13.2 Å². The molecular weight excluding hydrogens is 336 g/mol. The number of hydrogen-bond donors (Lipinski definition) is 2. The first-order valence-electron chi connectivity index (χ1n) is 7.27. The molecule has 124 valence electrons. The van der Waals surface area contributed by atoms with Gasteiger partial charge < -0.3 is 0 Å². The maximum atomic E-state index is 12.2. The lowest BCUT2D eigenvalue weighted by molar-refractivity contribution is 0.0949. The molecule has 23 heavy (non-hydrogen) atoms. The number of sulfonamides is 1. The second kappa shape index (κ2) is 6.06. The van der Waals surface area contributed by atoms with Crippen molar-refractivity contribution in [1.29, 1.82) is 0 Å². The standard InChI is InChI=1S/C14H18N4O3S2/c1-9-3-4-12-10(5-9)6-13(22-12)14(19)16-17-23(20,21)11-7-15-18(2)8-11/h6-9,17H,3-5H2,1-2H3,(H,16,19). The molecule has 0 aromatic carbocycles. The third-order valence-electron chi connectivity index (χ3n) is 3.84. The summed E-state index contributed by atoms with van der Waals surface area (Å²) in [6.07, 6.45) is 5.66. The Bertz CT molecular complexity index is 838. The van der Waals surface area contributed by atoms with Crippen LogP contribution in [0.15, 0.2) is 23.4 Å². The van der Waals surface area contributed by atoms with Crippen molar-refractivity contribution in [2.24, 2.45) is 13.0 Å². The van der Waals surface area contributed by atoms with E-state index in [0.717, 1.165) is 19.3 Å². The van der Waals surface area contributed by atoms with Crippen molar-refractivity contribution in [3.8, 4) is 0 Å². The number of thiophene rings is 1. The van der Waals surface area contributed by atoms with Crippen LogP contribution in [0.3, 0.4) is 0 Å². The van der Waals surface area contributed by atoms with Crippen molar-refractivity contribution in [2.75, 3.05) is 0 Å². The van der Waals surface area contributed by atoms with Crippen LogP contribution in [-0.2, 0) is 29.9 Å². The first-order valence-corrected chi connectivity index (χ1v) is 9.57. The molecule has 2 N–H and O–H groups in total. The maximum Gasteiger partial charge on any atom is 0.276 e. The van der Waals surface area contributed by atoms with E-state index in [2.05, 4.69) is 22.3 Å². The highest BCUT2D eigenvalue weighted by molar-refractivity contribution is 7.89. The van der Waals surface area contributed by atoms with Gasteiger partial charge >= 0.3 is 0 Å². The van der Waals surface area contributed by atoms with Crippen molar-refractivity contribution in [2.45, 2.75) is 31.1 Å². The Hall–Kier alpha value is -1.71. The fourth-order valence-corrected chi connectivity index (χ4v) is 4.52. The van der Waals surface area contributed by atoms with Crippen LogP contribution in [0.25, 0.3) is 0 Å². The van der Waals surface area contributed by atoms with Crippen molar-refractivity contribution in [3.05, 3.63) is 33.8 Å². The van der Waals surface area contributed by atoms with Crippen molar-refractivity contribution in [1.82, 2.24) is 20.0 Å². The van der Waals surface area contributed by atoms with Crippen LogP contribution in [0.4, 0.5) is 0 Å². The van der Waals surface area contributed by atoms with Gasteiger partial charge in [0.05, 0.1) is 11.1 Å². The van der Waals surface area contributed by atoms with E-state index >= 15 is 0 Å². The minimum atomic E-state index is -3.81. The van der Waals surface area contributed by atoms with Crippen LogP contribution in [0.2, 0.25) is 0 Å². The predicted molar refractivity (Wildman–Crippen MR) is 86.5 cm³/mol. The molecule has 2 aromatic heterocycles. The predicted octanol–water partition coefficient (Wildman–Crippen LogP) is 1.23. The summed E-state index contributed by atoms with van der Waals surface area (Å²) in [4.78, 5) is 16.0. The van der Waals surface area contributed by atoms with Gasteiger partial charge in [-0.1, -0.05) is 6.92 Å². The van der Waals surface area contributed by atoms with Crippen LogP contribution >= 0.6 is 11.3 Å². The van der Waals surface area contributed by atoms with Gasteiger partial charge in [0.25, 0.3) is 15.9 Å². The summed E-state index contributed by atoms with van der Waals surface area (Å²) in [5.41, 5.74) is 3.47. The highest BCUT2D eigenvalue weighted by Crippen LogP contribution is 2.32. The van der Waals surface area contributed by atoms with E-state index in [1.165, 1.54) is 38.9 Å². The van der Waals surface area contributed by atoms with Gasteiger partial charge in [-0.15, -0.1) is 16.2 Å². The topological polar surface area (TPSA) is 93.1 Å². The fourth-order valence-electron chi connectivity index (χ4n) is 2.59. The number of aromatic nitrogens is 2. The van der Waals surface area contributed by atoms with E-state index in [1.54, 1.807) is 7.05 Å². The number of nitrogens with zero attached hydrogens (tertiary/aromatic N) is 2. The summed E-state index contributed by atoms with van der Waals surface area (Å²) in [5.74, 6) is 0.182. The summed E-state index contributed by atoms with van der Waals surface area (Å²) in [7, 11) is -2.19. The monoisotopic (exact) mass is 354 g/mol. The minimum Gasteiger partial charge on any atom is -0.274 e. The number of nitrogens with one attached hydrogen (secondary N) is 2. The first-order chi connectivity index (χ1) is 10.8. The lowest BCUT2D eigenvalue weighted by atomic mass is 9.90. The minimum absolute atomic E-state index is 0.000371. The Morgan fingerprint density at radius 2 is 2.26 bits per heavy atom. The van der Waals surface area contributed by atoms with Gasteiger partial charge in [-0.3, -0.25) is 14.9 Å². The van der Waals surface area contributed by atoms with Gasteiger partial charge in [-0.25, -0.2) is 8.42 Å². The highest BCUT2D eigenvalue weighted by atomic mass is 32.2. The molecule has 0 spiro atoms. The van der Waals surface area contributed by atoms with E-state index in [1.807, 2.05) is 6.07 Å². The zero-order chi connectivity index (χ0) is 16.6. The smallest absolute Gasteiger partial charge is 0.274 e. The van der Waals surface area contributed by atoms with Crippen LogP contribution in [0, 0.1) is 5.92 Å². The molecule has 2 aromatic rings. The zero-order valence-corrected chi connectivity index (χ0v) is 14.5. The van der Waals surface area contributed by atoms with E-state index in [-0.39, 0.29) is 4.90 Å². The Kier molecular flexibility index (Phi) is 4.26. The molecule has 9 heteroatoms. The lowest BCUT2D eigenvalue weighted by Crippen LogP contribution is -2.41. The normalized spacial score (nSPS) is 17.7. The Morgan fingerprint density at radius 1 is 1.48 bits per heavy atom. The summed E-state index contributed by atoms with van der Waals surface area (Å²) in [6, 6.07) is 1.86. The Morgan fingerprint density at radius 3 is 2.96 bits per heavy atom. The van der Waals surface area contributed by atoms with Crippen LogP contribution in [-0.4, -0.2) is 24.1 Å². The van der Waals surface area contributed by atoms with Gasteiger partial charge in [-0.2, -0.15) is 5.10 Å². The molecule has 0 fully saturated rings. The van der Waals surface area contributed by atoms with Gasteiger partial charge in [0.15, 0.2) is 0 Å². The van der Waals surface area contributed by atoms with Crippen LogP contribution in [0.5, 0.6) is 0 Å². The van der Waals surface area contributed by atoms with E-state index < -0.39 is 15.9 Å². The molecular formula is C14H18N4O3S2. The average molecular weight is 354 g/mol. The van der Waals surface area contributed by atoms with E-state index in [0.29, 0.717) is 10.8 Å². The summed E-state index contributed by atoms with van der Waals surface area (Å²) in [6.45, 7) is 2.20. The quantitative estimate of drug-likeness (QED) is 0.808. The Labute approximate surface area is 138 Å². The van der Waals surface area contributed by atoms with Crippen molar-refractivity contribution >= 4 is 27.3 Å². The summed E-state index contributed by atoms with van der Waals surface area (Å²) in [5, 5.41) is 3.81. The lowest BCUT2D eigenvalue weighted by Gasteiger charge is -2.16. The molecule has 3 rings (SSSR count). The van der Waals surface area contributed by atoms with Gasteiger partial charge in [0.1, 0.15) is 4.90 Å². The van der Waals surface area contributed by atoms with Gasteiger partial charge in [0, 0.05) is 18.1 Å². The molecule has 0 radical (unpaired) electrons. The van der Waals surface area contributed by atoms with E-state index in [4.69, 9.17) is 0 Å². The van der Waals surface area contributed by atoms with Crippen molar-refractivity contribution in [3.63, 3.8) is 0 Å². The molecule has 1 unspecified atom stereocenters. The molecule has 0 bridgehead atoms. The molecule has 0 aliphatic heterocycles. The first kappa shape index (κ1) is 16.2. The molecule has 1 aliphatic carbocycles. The molecule has 0 saturated carbocycles. The van der Waals surface area contributed by atoms with Crippen LogP contribution < -0.4 is 10.3 Å². The third kappa shape index (κ3) is 3.46. The molecule has 7 nitrogen and oxygen atoms in total. The van der Waals surface area contributed by atoms with Crippen molar-refractivity contribution < 1.29 is 13.2 Å². The number of carbonyl (C=O) groups excluding carboxylic acids is 1. The number of aryl methyl sites for hydroxylation is 2. The van der Waals surface area contributed by atoms with Gasteiger partial charge in [0.2, 0.25) is 0 Å². The molecule has 1 atom stereocenters.